The van der Waals surface area contributed by atoms with Gasteiger partial charge < -0.3 is 10.1 Å². The fourth-order valence-electron chi connectivity index (χ4n) is 3.37. The number of fused-ring (bicyclic) bond motifs is 1. The number of ether oxygens (including phenoxy) is 1. The molecule has 1 atom stereocenters. The number of sulfonamides is 1. The number of benzene rings is 2. The van der Waals surface area contributed by atoms with Crippen LogP contribution in [0.15, 0.2) is 59.5 Å². The Bertz CT molecular complexity index is 1190. The van der Waals surface area contributed by atoms with Gasteiger partial charge in [-0.1, -0.05) is 35.9 Å². The van der Waals surface area contributed by atoms with Crippen molar-refractivity contribution in [1.29, 1.82) is 0 Å². The summed E-state index contributed by atoms with van der Waals surface area (Å²) in [6.07, 6.45) is 0.396. The highest BCUT2D eigenvalue weighted by atomic mass is 35.5. The number of carbonyl (C=O) groups excluding carboxylic acids is 1. The van der Waals surface area contributed by atoms with Gasteiger partial charge in [0.1, 0.15) is 6.10 Å². The molecule has 4 rings (SSSR count). The van der Waals surface area contributed by atoms with Crippen LogP contribution in [0.3, 0.4) is 0 Å². The van der Waals surface area contributed by atoms with E-state index in [4.69, 9.17) is 21.5 Å². The van der Waals surface area contributed by atoms with Gasteiger partial charge in [0.2, 0.25) is 10.0 Å². The van der Waals surface area contributed by atoms with Gasteiger partial charge in [-0.3, -0.25) is 9.48 Å². The number of nitrogens with zero attached hydrogens (tertiary/aromatic N) is 2. The van der Waals surface area contributed by atoms with Crippen LogP contribution < -0.4 is 10.5 Å². The summed E-state index contributed by atoms with van der Waals surface area (Å²) < 4.78 is 30.3. The van der Waals surface area contributed by atoms with E-state index in [0.717, 1.165) is 16.8 Å². The molecule has 3 N–H and O–H groups in total. The van der Waals surface area contributed by atoms with E-state index in [2.05, 4.69) is 10.4 Å². The van der Waals surface area contributed by atoms with E-state index in [1.54, 1.807) is 22.9 Å². The number of hydrogen-bond acceptors (Lipinski definition) is 5. The monoisotopic (exact) mass is 460 g/mol. The van der Waals surface area contributed by atoms with Gasteiger partial charge in [-0.25, -0.2) is 13.6 Å². The predicted molar refractivity (Wildman–Crippen MR) is 115 cm³/mol. The largest absolute Gasteiger partial charge is 0.365 e. The maximum atomic E-state index is 12.5. The molecule has 0 bridgehead atoms. The average Bonchev–Trinajstić information content (AvgIpc) is 3.17. The summed E-state index contributed by atoms with van der Waals surface area (Å²) in [5, 5.41) is 13.0. The molecule has 0 unspecified atom stereocenters. The van der Waals surface area contributed by atoms with Crippen LogP contribution in [0.5, 0.6) is 0 Å². The number of rotatable bonds is 6. The first kappa shape index (κ1) is 21.5. The zero-order valence-electron chi connectivity index (χ0n) is 16.5. The molecular formula is C21H21ClN4O4S. The summed E-state index contributed by atoms with van der Waals surface area (Å²) in [4.78, 5) is 12.5. The standard InChI is InChI=1S/C21H21ClN4O4S/c22-16-5-3-15(4-6-16)20-12-26-17(13-30-20)11-19(25-26)21(27)24-10-9-14-1-7-18(8-2-14)31(23,28)29/h1-8,11,20H,9-10,12-13H2,(H,24,27)(H2,23,28,29)/t20-/m1/s1. The van der Waals surface area contributed by atoms with Gasteiger partial charge in [-0.05, 0) is 47.9 Å². The Kier molecular flexibility index (Phi) is 6.10. The van der Waals surface area contributed by atoms with E-state index < -0.39 is 10.0 Å². The van der Waals surface area contributed by atoms with Crippen molar-refractivity contribution in [1.82, 2.24) is 15.1 Å². The maximum absolute atomic E-state index is 12.5. The Morgan fingerprint density at radius 1 is 1.19 bits per heavy atom. The van der Waals surface area contributed by atoms with Gasteiger partial charge >= 0.3 is 0 Å². The lowest BCUT2D eigenvalue weighted by atomic mass is 10.1. The summed E-state index contributed by atoms with van der Waals surface area (Å²) in [5.74, 6) is -0.272. The molecule has 0 saturated carbocycles. The topological polar surface area (TPSA) is 116 Å². The van der Waals surface area contributed by atoms with E-state index in [9.17, 15) is 13.2 Å². The highest BCUT2D eigenvalue weighted by molar-refractivity contribution is 7.89. The number of primary sulfonamides is 1. The molecule has 2 heterocycles. The number of nitrogens with one attached hydrogen (secondary N) is 1. The van der Waals surface area contributed by atoms with E-state index in [-0.39, 0.29) is 16.9 Å². The van der Waals surface area contributed by atoms with Crippen LogP contribution in [0.2, 0.25) is 5.02 Å². The first-order chi connectivity index (χ1) is 14.8. The molecule has 0 radical (unpaired) electrons. The molecule has 2 aromatic carbocycles. The molecule has 0 saturated heterocycles. The van der Waals surface area contributed by atoms with Crippen LogP contribution in [-0.4, -0.2) is 30.7 Å². The second-order valence-corrected chi connectivity index (χ2v) is 9.25. The number of carbonyl (C=O) groups is 1. The van der Waals surface area contributed by atoms with E-state index >= 15 is 0 Å². The smallest absolute Gasteiger partial charge is 0.271 e. The van der Waals surface area contributed by atoms with Crippen molar-refractivity contribution in [3.05, 3.63) is 82.1 Å². The fraction of sp³-hybridized carbons (Fsp3) is 0.238. The van der Waals surface area contributed by atoms with Crippen LogP contribution >= 0.6 is 11.6 Å². The lowest BCUT2D eigenvalue weighted by Gasteiger charge is -2.24. The second-order valence-electron chi connectivity index (χ2n) is 7.25. The summed E-state index contributed by atoms with van der Waals surface area (Å²) in [5.41, 5.74) is 3.06. The molecule has 0 aliphatic carbocycles. The van der Waals surface area contributed by atoms with E-state index in [1.807, 2.05) is 24.3 Å². The van der Waals surface area contributed by atoms with Crippen LogP contribution in [0.25, 0.3) is 0 Å². The summed E-state index contributed by atoms with van der Waals surface area (Å²) in [6.45, 7) is 1.27. The minimum atomic E-state index is -3.71. The minimum absolute atomic E-state index is 0.0583. The van der Waals surface area contributed by atoms with Crippen molar-refractivity contribution in [2.45, 2.75) is 30.6 Å². The van der Waals surface area contributed by atoms with E-state index in [0.29, 0.717) is 36.8 Å². The normalized spacial score (nSPS) is 16.0. The lowest BCUT2D eigenvalue weighted by Crippen LogP contribution is -2.26. The first-order valence-corrected chi connectivity index (χ1v) is 11.6. The zero-order valence-corrected chi connectivity index (χ0v) is 18.1. The Hall–Kier alpha value is -2.72. The number of nitrogens with two attached hydrogens (primary N) is 1. The third-order valence-electron chi connectivity index (χ3n) is 5.06. The number of hydrogen-bond donors (Lipinski definition) is 2. The van der Waals surface area contributed by atoms with Crippen molar-refractivity contribution >= 4 is 27.5 Å². The van der Waals surface area contributed by atoms with Crippen molar-refractivity contribution in [3.8, 4) is 0 Å². The zero-order chi connectivity index (χ0) is 22.0. The minimum Gasteiger partial charge on any atom is -0.365 e. The van der Waals surface area contributed by atoms with Gasteiger partial charge in [-0.2, -0.15) is 5.10 Å². The third-order valence-corrected chi connectivity index (χ3v) is 6.24. The molecule has 0 fully saturated rings. The SMILES string of the molecule is NS(=O)(=O)c1ccc(CCNC(=O)c2cc3n(n2)C[C@H](c2ccc(Cl)cc2)OC3)cc1. The molecule has 1 aliphatic rings. The number of amides is 1. The highest BCUT2D eigenvalue weighted by Crippen LogP contribution is 2.27. The predicted octanol–water partition coefficient (Wildman–Crippen LogP) is 2.43. The Morgan fingerprint density at radius 2 is 1.90 bits per heavy atom. The van der Waals surface area contributed by atoms with Crippen LogP contribution in [0, 0.1) is 0 Å². The Morgan fingerprint density at radius 3 is 2.58 bits per heavy atom. The van der Waals surface area contributed by atoms with Gasteiger partial charge in [0, 0.05) is 11.6 Å². The first-order valence-electron chi connectivity index (χ1n) is 9.63. The number of aromatic nitrogens is 2. The molecule has 10 heteroatoms. The molecule has 31 heavy (non-hydrogen) atoms. The quantitative estimate of drug-likeness (QED) is 0.586. The van der Waals surface area contributed by atoms with Gasteiger partial charge in [0.15, 0.2) is 5.69 Å². The summed E-state index contributed by atoms with van der Waals surface area (Å²) >= 11 is 5.94. The van der Waals surface area contributed by atoms with E-state index in [1.165, 1.54) is 12.1 Å². The molecule has 8 nitrogen and oxygen atoms in total. The maximum Gasteiger partial charge on any atom is 0.271 e. The Labute approximate surface area is 185 Å². The molecule has 3 aromatic rings. The fourth-order valence-corrected chi connectivity index (χ4v) is 4.01. The third kappa shape index (κ3) is 5.13. The van der Waals surface area contributed by atoms with Crippen LogP contribution in [-0.2, 0) is 34.3 Å². The molecule has 1 aromatic heterocycles. The molecule has 1 aliphatic heterocycles. The average molecular weight is 461 g/mol. The van der Waals surface area contributed by atoms with Crippen molar-refractivity contribution in [3.63, 3.8) is 0 Å². The van der Waals surface area contributed by atoms with Gasteiger partial charge in [0.05, 0.1) is 23.7 Å². The van der Waals surface area contributed by atoms with Crippen molar-refractivity contribution in [2.75, 3.05) is 6.54 Å². The summed E-state index contributed by atoms with van der Waals surface area (Å²) in [7, 11) is -3.71. The van der Waals surface area contributed by atoms with Crippen molar-refractivity contribution < 1.29 is 17.9 Å². The number of halogens is 1. The summed E-state index contributed by atoms with van der Waals surface area (Å²) in [6, 6.07) is 15.5. The molecule has 1 amide bonds. The van der Waals surface area contributed by atoms with Crippen LogP contribution in [0.4, 0.5) is 0 Å². The van der Waals surface area contributed by atoms with Gasteiger partial charge in [0.25, 0.3) is 5.91 Å². The Balaban J connectivity index is 1.34. The lowest BCUT2D eigenvalue weighted by molar-refractivity contribution is -0.00119. The molecule has 0 spiro atoms. The van der Waals surface area contributed by atoms with Gasteiger partial charge in [-0.15, -0.1) is 0 Å². The second kappa shape index (κ2) is 8.80. The molecular weight excluding hydrogens is 440 g/mol. The van der Waals surface area contributed by atoms with Crippen molar-refractivity contribution in [2.24, 2.45) is 5.14 Å². The van der Waals surface area contributed by atoms with Crippen LogP contribution in [0.1, 0.15) is 33.4 Å². The molecule has 162 valence electrons. The highest BCUT2D eigenvalue weighted by Gasteiger charge is 2.24.